The van der Waals surface area contributed by atoms with E-state index in [4.69, 9.17) is 4.74 Å². The smallest absolute Gasteiger partial charge is 0.455 e. The van der Waals surface area contributed by atoms with Gasteiger partial charge in [0.05, 0.1) is 17.8 Å². The first-order chi connectivity index (χ1) is 16.4. The van der Waals surface area contributed by atoms with E-state index in [9.17, 15) is 18.0 Å². The molecule has 2 heterocycles. The molecule has 1 saturated heterocycles. The Balaban J connectivity index is 1.50. The Kier molecular flexibility index (Phi) is 5.81. The zero-order valence-corrected chi connectivity index (χ0v) is 18.3. The molecule has 0 spiro atoms. The minimum absolute atomic E-state index is 0.443. The summed E-state index contributed by atoms with van der Waals surface area (Å²) in [5.74, 6) is -0.710. The average Bonchev–Trinajstić information content (AvgIpc) is 2.97. The summed E-state index contributed by atoms with van der Waals surface area (Å²) < 4.78 is 45.4. The van der Waals surface area contributed by atoms with Gasteiger partial charge in [0.1, 0.15) is 5.75 Å². The number of ether oxygens (including phenoxy) is 1. The number of fused-ring (bicyclic) bond motifs is 5. The summed E-state index contributed by atoms with van der Waals surface area (Å²) in [5, 5.41) is 5.65. The summed E-state index contributed by atoms with van der Waals surface area (Å²) in [7, 11) is 0. The van der Waals surface area contributed by atoms with E-state index >= 15 is 0 Å². The topological polar surface area (TPSA) is 53.6 Å². The highest BCUT2D eigenvalue weighted by atomic mass is 19.4. The molecule has 0 bridgehead atoms. The van der Waals surface area contributed by atoms with Crippen LogP contribution in [0.15, 0.2) is 72.8 Å². The van der Waals surface area contributed by atoms with Crippen LogP contribution in [0.2, 0.25) is 0 Å². The molecule has 2 aliphatic rings. The van der Waals surface area contributed by atoms with E-state index < -0.39 is 24.2 Å². The van der Waals surface area contributed by atoms with Crippen molar-refractivity contribution in [2.24, 2.45) is 0 Å². The number of carbonyl (C=O) groups is 1. The van der Waals surface area contributed by atoms with Gasteiger partial charge in [-0.25, -0.2) is 0 Å². The van der Waals surface area contributed by atoms with Crippen LogP contribution in [0.3, 0.4) is 0 Å². The molecule has 0 radical (unpaired) electrons. The maximum Gasteiger partial charge on any atom is 0.471 e. The summed E-state index contributed by atoms with van der Waals surface area (Å²) in [6.45, 7) is 1.27. The molecule has 0 aliphatic carbocycles. The third-order valence-corrected chi connectivity index (χ3v) is 6.27. The van der Waals surface area contributed by atoms with E-state index in [-0.39, 0.29) is 0 Å². The van der Waals surface area contributed by atoms with E-state index in [1.54, 1.807) is 6.07 Å². The lowest BCUT2D eigenvalue weighted by atomic mass is 9.89. The SMILES string of the molecule is O=C(N[C@H]1CCCN2c3cc(NCc4ccccc4)ccc3Oc3ccccc3[C@@H]12)C(F)(F)F. The maximum atomic E-state index is 13.1. The molecular weight excluding hydrogens is 443 g/mol. The fraction of sp³-hybridized carbons (Fsp3) is 0.269. The van der Waals surface area contributed by atoms with Crippen LogP contribution in [0.1, 0.15) is 30.0 Å². The third-order valence-electron chi connectivity index (χ3n) is 6.27. The largest absolute Gasteiger partial charge is 0.471 e. The second-order valence-electron chi connectivity index (χ2n) is 8.52. The number of piperidine rings is 1. The van der Waals surface area contributed by atoms with Crippen LogP contribution in [0, 0.1) is 0 Å². The van der Waals surface area contributed by atoms with Crippen molar-refractivity contribution in [1.82, 2.24) is 5.32 Å². The van der Waals surface area contributed by atoms with Crippen molar-refractivity contribution in [3.05, 3.63) is 83.9 Å². The highest BCUT2D eigenvalue weighted by molar-refractivity contribution is 5.82. The Morgan fingerprint density at radius 2 is 1.76 bits per heavy atom. The van der Waals surface area contributed by atoms with Crippen LogP contribution in [-0.4, -0.2) is 24.7 Å². The minimum atomic E-state index is -4.94. The van der Waals surface area contributed by atoms with Crippen molar-refractivity contribution in [2.45, 2.75) is 37.6 Å². The van der Waals surface area contributed by atoms with Crippen LogP contribution >= 0.6 is 0 Å². The lowest BCUT2D eigenvalue weighted by molar-refractivity contribution is -0.174. The number of benzene rings is 3. The second-order valence-corrected chi connectivity index (χ2v) is 8.52. The van der Waals surface area contributed by atoms with Gasteiger partial charge >= 0.3 is 12.1 Å². The summed E-state index contributed by atoms with van der Waals surface area (Å²) >= 11 is 0. The molecule has 2 aliphatic heterocycles. The highest BCUT2D eigenvalue weighted by Gasteiger charge is 2.44. The van der Waals surface area contributed by atoms with Crippen LogP contribution in [-0.2, 0) is 11.3 Å². The van der Waals surface area contributed by atoms with Gasteiger partial charge in [0.2, 0.25) is 0 Å². The molecular formula is C26H24F3N3O2. The molecule has 2 N–H and O–H groups in total. The summed E-state index contributed by atoms with van der Waals surface area (Å²) in [5.41, 5.74) is 3.54. The summed E-state index contributed by atoms with van der Waals surface area (Å²) in [6, 6.07) is 21.9. The van der Waals surface area contributed by atoms with Crippen LogP contribution in [0.4, 0.5) is 24.5 Å². The predicted octanol–water partition coefficient (Wildman–Crippen LogP) is 5.79. The summed E-state index contributed by atoms with van der Waals surface area (Å²) in [6.07, 6.45) is -3.85. The lowest BCUT2D eigenvalue weighted by Crippen LogP contribution is -2.52. The molecule has 0 unspecified atom stereocenters. The molecule has 3 aromatic carbocycles. The monoisotopic (exact) mass is 467 g/mol. The number of para-hydroxylation sites is 1. The average molecular weight is 467 g/mol. The van der Waals surface area contributed by atoms with Gasteiger partial charge in [-0.1, -0.05) is 48.5 Å². The molecule has 8 heteroatoms. The van der Waals surface area contributed by atoms with Gasteiger partial charge in [-0.2, -0.15) is 13.2 Å². The van der Waals surface area contributed by atoms with E-state index in [0.29, 0.717) is 37.4 Å². The van der Waals surface area contributed by atoms with E-state index in [1.165, 1.54) is 0 Å². The van der Waals surface area contributed by atoms with Gasteiger partial charge in [0.15, 0.2) is 5.75 Å². The molecule has 3 aromatic rings. The molecule has 0 saturated carbocycles. The predicted molar refractivity (Wildman–Crippen MR) is 124 cm³/mol. The van der Waals surface area contributed by atoms with E-state index in [2.05, 4.69) is 15.5 Å². The zero-order chi connectivity index (χ0) is 23.7. The Morgan fingerprint density at radius 3 is 2.56 bits per heavy atom. The number of amides is 1. The van der Waals surface area contributed by atoms with Crippen LogP contribution < -0.4 is 20.3 Å². The van der Waals surface area contributed by atoms with Gasteiger partial charge in [-0.3, -0.25) is 4.79 Å². The number of halogens is 3. The van der Waals surface area contributed by atoms with Crippen LogP contribution in [0.25, 0.3) is 0 Å². The Hall–Kier alpha value is -3.68. The molecule has 5 rings (SSSR count). The third kappa shape index (κ3) is 4.40. The highest BCUT2D eigenvalue weighted by Crippen LogP contribution is 2.48. The standard InChI is InChI=1S/C26H24F3N3O2/c27-26(28,29)25(33)31-20-10-6-14-32-21-15-18(30-16-17-7-2-1-3-8-17)12-13-23(21)34-22-11-5-4-9-19(22)24(20)32/h1-5,7-9,11-13,15,20,24,30H,6,10,14,16H2,(H,31,33)/t20-,24-/m0/s1. The van der Waals surface area contributed by atoms with E-state index in [0.717, 1.165) is 22.5 Å². The Bertz CT molecular complexity index is 1180. The second kappa shape index (κ2) is 8.93. The first kappa shape index (κ1) is 22.1. The zero-order valence-electron chi connectivity index (χ0n) is 18.3. The van der Waals surface area contributed by atoms with Crippen molar-refractivity contribution in [1.29, 1.82) is 0 Å². The lowest BCUT2D eigenvalue weighted by Gasteiger charge is -2.42. The van der Waals surface area contributed by atoms with Gasteiger partial charge in [0.25, 0.3) is 0 Å². The number of rotatable bonds is 4. The number of hydrogen-bond acceptors (Lipinski definition) is 4. The van der Waals surface area contributed by atoms with Gasteiger partial charge < -0.3 is 20.3 Å². The molecule has 34 heavy (non-hydrogen) atoms. The number of nitrogens with one attached hydrogen (secondary N) is 2. The molecule has 2 atom stereocenters. The van der Waals surface area contributed by atoms with Crippen LogP contribution in [0.5, 0.6) is 11.5 Å². The fourth-order valence-electron chi connectivity index (χ4n) is 4.73. The quantitative estimate of drug-likeness (QED) is 0.510. The molecule has 1 amide bonds. The number of hydrogen-bond donors (Lipinski definition) is 2. The van der Waals surface area contributed by atoms with Crippen molar-refractivity contribution in [2.75, 3.05) is 16.8 Å². The van der Waals surface area contributed by atoms with Crippen molar-refractivity contribution in [3.8, 4) is 11.5 Å². The van der Waals surface area contributed by atoms with Crippen molar-refractivity contribution < 1.29 is 22.7 Å². The Morgan fingerprint density at radius 1 is 1.00 bits per heavy atom. The number of carbonyl (C=O) groups excluding carboxylic acids is 1. The molecule has 0 aromatic heterocycles. The van der Waals surface area contributed by atoms with Gasteiger partial charge in [-0.15, -0.1) is 0 Å². The van der Waals surface area contributed by atoms with Crippen molar-refractivity contribution >= 4 is 17.3 Å². The number of anilines is 2. The first-order valence-corrected chi connectivity index (χ1v) is 11.2. The van der Waals surface area contributed by atoms with Gasteiger partial charge in [-0.05, 0) is 42.7 Å². The summed E-state index contributed by atoms with van der Waals surface area (Å²) in [4.78, 5) is 13.9. The Labute approximate surface area is 195 Å². The fourth-order valence-corrected chi connectivity index (χ4v) is 4.73. The number of nitrogens with zero attached hydrogens (tertiary/aromatic N) is 1. The van der Waals surface area contributed by atoms with E-state index in [1.807, 2.05) is 66.7 Å². The first-order valence-electron chi connectivity index (χ1n) is 11.2. The molecule has 176 valence electrons. The normalized spacial score (nSPS) is 19.1. The molecule has 5 nitrogen and oxygen atoms in total. The van der Waals surface area contributed by atoms with Crippen molar-refractivity contribution in [3.63, 3.8) is 0 Å². The minimum Gasteiger partial charge on any atom is -0.455 e. The van der Waals surface area contributed by atoms with Gasteiger partial charge in [0, 0.05) is 24.3 Å². The molecule has 1 fully saturated rings. The number of alkyl halides is 3. The maximum absolute atomic E-state index is 13.1.